The molecule has 21 N–H and O–H groups in total. The molecule has 614 valence electrons. The molecule has 107 heavy (non-hydrogen) atoms. The first-order chi connectivity index (χ1) is 50.2. The number of aliphatic hydroxyl groups excluding tert-OH is 19. The number of ether oxygens (including phenoxy) is 14. The van der Waals surface area contributed by atoms with E-state index in [1.165, 1.54) is 6.92 Å². The number of hydrogen-bond donors (Lipinski definition) is 21. The molecule has 12 rings (SSSR count). The van der Waals surface area contributed by atoms with Gasteiger partial charge in [0.05, 0.1) is 71.2 Å². The molecule has 0 spiro atoms. The molecule has 5 aliphatic carbocycles. The van der Waals surface area contributed by atoms with Crippen LogP contribution < -0.4 is 5.32 Å². The number of fused-ring (bicyclic) bond motifs is 7. The SMILES string of the molecule is CC(=O)N[C@H]1[C@H](O[C@H]2CC[C@]3(C)[C@H]4CC=C5[C@@H]6CC(C)(C)CC[C@]6(C(=O)O[C@@H]6O[C@H](CO)[C@@H](O)[C@H](O)[C@H]6O[C@@H]6OC[C@@H](O)[C@H](O[C@@H]7OC[C@](O)(CO)[C@H]7O)[C@H]6O)[C@H](O)[C@H](O)[C@@]5(C)[C@]4(C)CC[C@H]3C2(C)C)O[C@H](CO[C@@H]2OC[C@H](O)[C@H](O[C@@H]3OC[C@@H](O)[C@H](O)[C@H]3O)[C@H]2O)[C@@H](O[C@@H]2O[C@H](CO)[C@@H](O)[C@H](O)[C@H]2O)[C@@H]1O. The van der Waals surface area contributed by atoms with Crippen LogP contribution in [0, 0.1) is 50.2 Å². The summed E-state index contributed by atoms with van der Waals surface area (Å²) < 4.78 is 83.6. The standard InChI is InChI=1S/C70H113NO36/c1-26(75)71-38-42(82)51(105-60-46(86)43(83)40(80)32(18-72)99-60)34(23-97-57-47(87)49(30(77)21-94-57)103-58-45(85)39(79)29(76)20-95-58)101-56(38)102-37-12-13-66(6)35(65(37,4)5)11-14-67(7)36(66)10-9-27-28-17-64(2,3)15-16-70(28,54(90)53(89)68(27,67)8)63(92)107-61-52(44(84)41(81)33(19-73)100-61)106-59-48(88)50(31(78)22-96-59)104-62-55(91)69(93,24-74)25-98-62/h9,28-62,72-74,76-91,93H,10-25H2,1-8H3,(H,71,75)/t28-,29+,30-,31+,32+,33+,34+,35-,36+,37-,38+,39-,40+,41+,42+,43-,44-,45+,46+,47+,48+,49-,50-,51+,52+,53-,54+,55-,56-,57-,58-,59-,60-,61-,62-,66-,67+,68-,69+,70+/m0/s1. The van der Waals surface area contributed by atoms with E-state index in [-0.39, 0.29) is 18.3 Å². The van der Waals surface area contributed by atoms with Gasteiger partial charge in [-0.05, 0) is 90.8 Å². The summed E-state index contributed by atoms with van der Waals surface area (Å²) in [4.78, 5) is 29.0. The molecule has 1 amide bonds. The van der Waals surface area contributed by atoms with Gasteiger partial charge in [0.15, 0.2) is 43.8 Å². The number of amides is 1. The Morgan fingerprint density at radius 3 is 1.70 bits per heavy atom. The summed E-state index contributed by atoms with van der Waals surface area (Å²) >= 11 is 0. The normalized spacial score (nSPS) is 53.3. The van der Waals surface area contributed by atoms with Gasteiger partial charge in [0.2, 0.25) is 12.2 Å². The summed E-state index contributed by atoms with van der Waals surface area (Å²) in [6.45, 7) is 10.1. The lowest BCUT2D eigenvalue weighted by atomic mass is 9.32. The largest absolute Gasteiger partial charge is 0.432 e. The summed E-state index contributed by atoms with van der Waals surface area (Å²) in [6.07, 6.45) is -48.4. The maximum atomic E-state index is 15.7. The first kappa shape index (κ1) is 83.8. The van der Waals surface area contributed by atoms with Gasteiger partial charge in [0, 0.05) is 12.3 Å². The molecule has 37 nitrogen and oxygen atoms in total. The molecule has 4 saturated carbocycles. The second kappa shape index (κ2) is 31.5. The van der Waals surface area contributed by atoms with Gasteiger partial charge in [-0.15, -0.1) is 0 Å². The molecule has 0 aromatic heterocycles. The molecular weight excluding hydrogens is 1430 g/mol. The molecule has 0 radical (unpaired) electrons. The summed E-state index contributed by atoms with van der Waals surface area (Å²) in [5.41, 5.74) is -7.18. The maximum absolute atomic E-state index is 15.7. The molecule has 12 aliphatic rings. The van der Waals surface area contributed by atoms with Gasteiger partial charge in [-0.1, -0.05) is 60.1 Å². The topological polar surface area (TPSA) is 580 Å². The van der Waals surface area contributed by atoms with Gasteiger partial charge in [-0.3, -0.25) is 9.59 Å². The van der Waals surface area contributed by atoms with Crippen LogP contribution in [-0.2, 0) is 75.9 Å². The Morgan fingerprint density at radius 1 is 0.514 bits per heavy atom. The Balaban J connectivity index is 0.793. The molecular formula is C70H113NO36. The van der Waals surface area contributed by atoms with Gasteiger partial charge in [-0.25, -0.2) is 0 Å². The van der Waals surface area contributed by atoms with E-state index in [9.17, 15) is 107 Å². The van der Waals surface area contributed by atoms with Crippen LogP contribution >= 0.6 is 0 Å². The highest BCUT2D eigenvalue weighted by molar-refractivity contribution is 5.80. The van der Waals surface area contributed by atoms with E-state index in [0.29, 0.717) is 44.9 Å². The third-order valence-electron chi connectivity index (χ3n) is 26.8. The molecule has 0 bridgehead atoms. The Bertz CT molecular complexity index is 3100. The summed E-state index contributed by atoms with van der Waals surface area (Å²) in [7, 11) is 0. The molecule has 11 fully saturated rings. The van der Waals surface area contributed by atoms with E-state index < -0.39 is 305 Å². The van der Waals surface area contributed by atoms with Crippen LogP contribution in [0.1, 0.15) is 107 Å². The number of carbonyl (C=O) groups excluding carboxylic acids is 2. The van der Waals surface area contributed by atoms with Crippen molar-refractivity contribution < 1.29 is 178 Å². The molecule has 0 aromatic carbocycles. The van der Waals surface area contributed by atoms with Crippen molar-refractivity contribution in [2.75, 3.05) is 52.9 Å². The predicted octanol–water partition coefficient (Wildman–Crippen LogP) is -7.92. The van der Waals surface area contributed by atoms with Crippen LogP contribution in [0.5, 0.6) is 0 Å². The Morgan fingerprint density at radius 2 is 1.07 bits per heavy atom. The second-order valence-electron chi connectivity index (χ2n) is 34.0. The third-order valence-corrected chi connectivity index (χ3v) is 26.8. The molecule has 7 saturated heterocycles. The highest BCUT2D eigenvalue weighted by Crippen LogP contribution is 2.76. The van der Waals surface area contributed by atoms with Gasteiger partial charge in [0.1, 0.15) is 139 Å². The van der Waals surface area contributed by atoms with Crippen LogP contribution in [0.15, 0.2) is 11.6 Å². The van der Waals surface area contributed by atoms with Gasteiger partial charge >= 0.3 is 5.97 Å². The number of nitrogens with one attached hydrogen (secondary N) is 1. The molecule has 0 unspecified atom stereocenters. The lowest BCUT2D eigenvalue weighted by Crippen LogP contribution is -2.73. The van der Waals surface area contributed by atoms with Crippen molar-refractivity contribution in [3.63, 3.8) is 0 Å². The Kier molecular flexibility index (Phi) is 24.7. The number of allylic oxidation sites excluding steroid dienone is 1. The molecule has 0 aromatic rings. The second-order valence-corrected chi connectivity index (χ2v) is 34.0. The fourth-order valence-electron chi connectivity index (χ4n) is 20.3. The van der Waals surface area contributed by atoms with Crippen molar-refractivity contribution in [2.24, 2.45) is 50.2 Å². The number of carbonyl (C=O) groups is 2. The van der Waals surface area contributed by atoms with Crippen molar-refractivity contribution >= 4 is 11.9 Å². The Hall–Kier alpha value is -2.64. The van der Waals surface area contributed by atoms with Crippen LogP contribution in [0.2, 0.25) is 0 Å². The third kappa shape index (κ3) is 14.5. The maximum Gasteiger partial charge on any atom is 0.317 e. The van der Waals surface area contributed by atoms with Crippen molar-refractivity contribution in [1.29, 1.82) is 0 Å². The van der Waals surface area contributed by atoms with Crippen LogP contribution in [0.25, 0.3) is 0 Å². The van der Waals surface area contributed by atoms with E-state index in [0.717, 1.165) is 5.57 Å². The molecule has 7 heterocycles. The number of esters is 1. The zero-order valence-corrected chi connectivity index (χ0v) is 61.1. The average Bonchev–Trinajstić information content (AvgIpc) is 0.877. The molecule has 40 atom stereocenters. The van der Waals surface area contributed by atoms with Crippen molar-refractivity contribution in [2.45, 2.75) is 309 Å². The first-order valence-electron chi connectivity index (χ1n) is 37.1. The highest BCUT2D eigenvalue weighted by atomic mass is 16.8. The van der Waals surface area contributed by atoms with Crippen molar-refractivity contribution in [1.82, 2.24) is 5.32 Å². The summed E-state index contributed by atoms with van der Waals surface area (Å²) in [6, 6.07) is -1.47. The van der Waals surface area contributed by atoms with E-state index in [2.05, 4.69) is 25.2 Å². The Labute approximate surface area is 617 Å². The van der Waals surface area contributed by atoms with Crippen molar-refractivity contribution in [3.8, 4) is 0 Å². The minimum absolute atomic E-state index is 0.0217. The average molecular weight is 1540 g/mol. The zero-order chi connectivity index (χ0) is 78.1. The number of aliphatic hydroxyl groups is 20. The fourth-order valence-corrected chi connectivity index (χ4v) is 20.3. The number of hydrogen-bond acceptors (Lipinski definition) is 36. The van der Waals surface area contributed by atoms with Crippen LogP contribution in [0.4, 0.5) is 0 Å². The van der Waals surface area contributed by atoms with Gasteiger partial charge < -0.3 is 174 Å². The highest BCUT2D eigenvalue weighted by Gasteiger charge is 2.75. The van der Waals surface area contributed by atoms with E-state index in [4.69, 9.17) is 66.3 Å². The van der Waals surface area contributed by atoms with Crippen LogP contribution in [0.3, 0.4) is 0 Å². The van der Waals surface area contributed by atoms with Gasteiger partial charge in [0.25, 0.3) is 0 Å². The summed E-state index contributed by atoms with van der Waals surface area (Å²) in [5.74, 6) is -2.92. The van der Waals surface area contributed by atoms with E-state index in [1.807, 2.05) is 34.6 Å². The smallest absolute Gasteiger partial charge is 0.317 e. The summed E-state index contributed by atoms with van der Waals surface area (Å²) in [5, 5.41) is 225. The minimum atomic E-state index is -2.14. The minimum Gasteiger partial charge on any atom is -0.432 e. The predicted molar refractivity (Wildman–Crippen MR) is 351 cm³/mol. The quantitative estimate of drug-likeness (QED) is 0.0324. The van der Waals surface area contributed by atoms with E-state index >= 15 is 4.79 Å². The molecule has 7 aliphatic heterocycles. The van der Waals surface area contributed by atoms with Crippen LogP contribution in [-0.4, -0.2) is 369 Å². The number of rotatable bonds is 19. The fraction of sp³-hybridized carbons (Fsp3) is 0.943. The van der Waals surface area contributed by atoms with E-state index in [1.54, 1.807) is 0 Å². The van der Waals surface area contributed by atoms with Gasteiger partial charge in [-0.2, -0.15) is 0 Å². The van der Waals surface area contributed by atoms with Crippen molar-refractivity contribution in [3.05, 3.63) is 11.6 Å². The lowest BCUT2D eigenvalue weighted by molar-refractivity contribution is -0.364. The molecule has 37 heteroatoms. The zero-order valence-electron chi connectivity index (χ0n) is 61.1. The monoisotopic (exact) mass is 1540 g/mol. The lowest BCUT2D eigenvalue weighted by Gasteiger charge is -2.72. The first-order valence-corrected chi connectivity index (χ1v) is 37.1.